The van der Waals surface area contributed by atoms with Crippen molar-refractivity contribution in [2.75, 3.05) is 0 Å². The molecule has 4 nitrogen and oxygen atoms in total. The van der Waals surface area contributed by atoms with Gasteiger partial charge in [0, 0.05) is 5.56 Å². The monoisotopic (exact) mass is 164 g/mol. The molecular formula is C8H8N2O2. The highest BCUT2D eigenvalue weighted by atomic mass is 16.5. The summed E-state index contributed by atoms with van der Waals surface area (Å²) in [5.74, 6) is 0.227. The summed E-state index contributed by atoms with van der Waals surface area (Å²) in [5, 5.41) is 12.8. The van der Waals surface area contributed by atoms with Gasteiger partial charge in [-0.05, 0) is 12.1 Å². The molecule has 12 heavy (non-hydrogen) atoms. The number of rotatable bonds is 1. The summed E-state index contributed by atoms with van der Waals surface area (Å²) < 4.78 is 5.08. The van der Waals surface area contributed by atoms with Gasteiger partial charge in [-0.2, -0.15) is 0 Å². The third-order valence-electron chi connectivity index (χ3n) is 1.61. The molecule has 1 aliphatic heterocycles. The van der Waals surface area contributed by atoms with E-state index >= 15 is 0 Å². The van der Waals surface area contributed by atoms with E-state index < -0.39 is 0 Å². The second kappa shape index (κ2) is 2.73. The first kappa shape index (κ1) is 6.97. The van der Waals surface area contributed by atoms with Crippen molar-refractivity contribution in [1.29, 1.82) is 0 Å². The summed E-state index contributed by atoms with van der Waals surface area (Å²) in [6.45, 7) is 0. The molecule has 0 amide bonds. The molecule has 0 spiro atoms. The van der Waals surface area contributed by atoms with Crippen LogP contribution >= 0.6 is 0 Å². The molecule has 0 fully saturated rings. The number of hydrazone groups is 1. The van der Waals surface area contributed by atoms with Gasteiger partial charge < -0.3 is 9.84 Å². The van der Waals surface area contributed by atoms with Crippen LogP contribution in [0.2, 0.25) is 0 Å². The molecule has 62 valence electrons. The minimum absolute atomic E-state index is 0.227. The number of hydrogen-bond donors (Lipinski definition) is 2. The van der Waals surface area contributed by atoms with E-state index in [2.05, 4.69) is 10.5 Å². The lowest BCUT2D eigenvalue weighted by molar-refractivity contribution is 0.199. The zero-order valence-corrected chi connectivity index (χ0v) is 6.27. The lowest BCUT2D eigenvalue weighted by atomic mass is 10.2. The number of hydrogen-bond acceptors (Lipinski definition) is 4. The lowest BCUT2D eigenvalue weighted by Gasteiger charge is -2.09. The highest BCUT2D eigenvalue weighted by molar-refractivity contribution is 5.48. The second-order valence-corrected chi connectivity index (χ2v) is 2.47. The minimum atomic E-state index is -0.267. The zero-order chi connectivity index (χ0) is 8.39. The number of ether oxygens (including phenoxy) is 1. The van der Waals surface area contributed by atoms with E-state index in [-0.39, 0.29) is 12.0 Å². The van der Waals surface area contributed by atoms with Crippen LogP contribution in [0.3, 0.4) is 0 Å². The molecule has 0 bridgehead atoms. The van der Waals surface area contributed by atoms with Crippen molar-refractivity contribution in [1.82, 2.24) is 5.43 Å². The highest BCUT2D eigenvalue weighted by Gasteiger charge is 2.13. The van der Waals surface area contributed by atoms with Crippen LogP contribution in [-0.2, 0) is 4.74 Å². The molecule has 2 rings (SSSR count). The SMILES string of the molecule is Oc1cccc(C2NN=CO2)c1. The minimum Gasteiger partial charge on any atom is -0.508 e. The number of phenols is 1. The van der Waals surface area contributed by atoms with Gasteiger partial charge in [0.25, 0.3) is 0 Å². The summed E-state index contributed by atoms with van der Waals surface area (Å²) in [6, 6.07) is 6.85. The molecular weight excluding hydrogens is 156 g/mol. The van der Waals surface area contributed by atoms with Crippen LogP contribution in [0.15, 0.2) is 29.4 Å². The van der Waals surface area contributed by atoms with Gasteiger partial charge in [-0.15, -0.1) is 5.10 Å². The Kier molecular flexibility index (Phi) is 1.59. The van der Waals surface area contributed by atoms with Crippen molar-refractivity contribution in [3.8, 4) is 5.75 Å². The second-order valence-electron chi connectivity index (χ2n) is 2.47. The first-order valence-corrected chi connectivity index (χ1v) is 3.58. The van der Waals surface area contributed by atoms with E-state index in [4.69, 9.17) is 9.84 Å². The van der Waals surface area contributed by atoms with E-state index in [9.17, 15) is 0 Å². The predicted octanol–water partition coefficient (Wildman–Crippen LogP) is 0.954. The maximum atomic E-state index is 9.15. The molecule has 1 unspecified atom stereocenters. The third-order valence-corrected chi connectivity index (χ3v) is 1.61. The van der Waals surface area contributed by atoms with E-state index in [0.29, 0.717) is 0 Å². The van der Waals surface area contributed by atoms with Crippen LogP contribution < -0.4 is 5.43 Å². The fourth-order valence-corrected chi connectivity index (χ4v) is 1.06. The van der Waals surface area contributed by atoms with Gasteiger partial charge in [-0.3, -0.25) is 5.43 Å². The molecule has 4 heteroatoms. The summed E-state index contributed by atoms with van der Waals surface area (Å²) in [4.78, 5) is 0. The average molecular weight is 164 g/mol. The van der Waals surface area contributed by atoms with E-state index in [1.807, 2.05) is 6.07 Å². The number of benzene rings is 1. The zero-order valence-electron chi connectivity index (χ0n) is 6.27. The predicted molar refractivity (Wildman–Crippen MR) is 43.6 cm³/mol. The van der Waals surface area contributed by atoms with Crippen molar-refractivity contribution < 1.29 is 9.84 Å². The van der Waals surface area contributed by atoms with Gasteiger partial charge in [0.15, 0.2) is 6.40 Å². The van der Waals surface area contributed by atoms with Gasteiger partial charge in [-0.25, -0.2) is 0 Å². The Morgan fingerprint density at radius 1 is 1.50 bits per heavy atom. The van der Waals surface area contributed by atoms with Crippen LogP contribution in [0, 0.1) is 0 Å². The fourth-order valence-electron chi connectivity index (χ4n) is 1.06. The standard InChI is InChI=1S/C8H8N2O2/c11-7-3-1-2-6(4-7)8-10-9-5-12-8/h1-5,8,10-11H. The van der Waals surface area contributed by atoms with Gasteiger partial charge in [-0.1, -0.05) is 12.1 Å². The van der Waals surface area contributed by atoms with Gasteiger partial charge in [0.1, 0.15) is 5.75 Å². The number of nitrogens with zero attached hydrogens (tertiary/aromatic N) is 1. The van der Waals surface area contributed by atoms with E-state index in [1.54, 1.807) is 18.2 Å². The molecule has 1 aliphatic rings. The summed E-state index contributed by atoms with van der Waals surface area (Å²) in [5.41, 5.74) is 3.59. The van der Waals surface area contributed by atoms with Crippen LogP contribution in [-0.4, -0.2) is 11.5 Å². The molecule has 0 radical (unpaired) electrons. The lowest BCUT2D eigenvalue weighted by Crippen LogP contribution is -2.10. The van der Waals surface area contributed by atoms with Crippen LogP contribution in [0.4, 0.5) is 0 Å². The van der Waals surface area contributed by atoms with Crippen LogP contribution in [0.1, 0.15) is 11.8 Å². The fraction of sp³-hybridized carbons (Fsp3) is 0.125. The summed E-state index contributed by atoms with van der Waals surface area (Å²) in [7, 11) is 0. The Hall–Kier alpha value is -1.71. The third kappa shape index (κ3) is 1.18. The molecule has 2 N–H and O–H groups in total. The quantitative estimate of drug-likeness (QED) is 0.649. The Bertz CT molecular complexity index is 304. The van der Waals surface area contributed by atoms with Gasteiger partial charge in [0.2, 0.25) is 6.23 Å². The summed E-state index contributed by atoms with van der Waals surface area (Å²) >= 11 is 0. The maximum absolute atomic E-state index is 9.15. The molecule has 0 aromatic heterocycles. The molecule has 0 saturated carbocycles. The largest absolute Gasteiger partial charge is 0.508 e. The van der Waals surface area contributed by atoms with Crippen LogP contribution in [0.25, 0.3) is 0 Å². The average Bonchev–Trinajstić information content (AvgIpc) is 2.56. The number of nitrogens with one attached hydrogen (secondary N) is 1. The first-order chi connectivity index (χ1) is 5.86. The Labute approximate surface area is 69.5 Å². The molecule has 0 saturated heterocycles. The summed E-state index contributed by atoms with van der Waals surface area (Å²) in [6.07, 6.45) is 1.08. The topological polar surface area (TPSA) is 53.8 Å². The maximum Gasteiger partial charge on any atom is 0.212 e. The van der Waals surface area contributed by atoms with Gasteiger partial charge in [0.05, 0.1) is 0 Å². The van der Waals surface area contributed by atoms with Gasteiger partial charge >= 0.3 is 0 Å². The first-order valence-electron chi connectivity index (χ1n) is 3.58. The van der Waals surface area contributed by atoms with Crippen molar-refractivity contribution in [2.24, 2.45) is 5.10 Å². The van der Waals surface area contributed by atoms with Crippen LogP contribution in [0.5, 0.6) is 5.75 Å². The number of phenolic OH excluding ortho intramolecular Hbond substituents is 1. The molecule has 1 aromatic carbocycles. The molecule has 0 aliphatic carbocycles. The Balaban J connectivity index is 2.22. The Morgan fingerprint density at radius 2 is 2.42 bits per heavy atom. The number of aromatic hydroxyl groups is 1. The van der Waals surface area contributed by atoms with Crippen molar-refractivity contribution in [2.45, 2.75) is 6.23 Å². The molecule has 1 atom stereocenters. The van der Waals surface area contributed by atoms with E-state index in [0.717, 1.165) is 5.56 Å². The van der Waals surface area contributed by atoms with Crippen molar-refractivity contribution >= 4 is 6.40 Å². The molecule has 1 heterocycles. The van der Waals surface area contributed by atoms with E-state index in [1.165, 1.54) is 6.40 Å². The van der Waals surface area contributed by atoms with Crippen molar-refractivity contribution in [3.05, 3.63) is 29.8 Å². The normalized spacial score (nSPS) is 20.2. The molecule has 1 aromatic rings. The van der Waals surface area contributed by atoms with Crippen molar-refractivity contribution in [3.63, 3.8) is 0 Å². The highest BCUT2D eigenvalue weighted by Crippen LogP contribution is 2.20. The smallest absolute Gasteiger partial charge is 0.212 e. The Morgan fingerprint density at radius 3 is 3.08 bits per heavy atom.